The number of ether oxygens (including phenoxy) is 1. The molecule has 1 saturated heterocycles. The SMILES string of the molecule is C=CCN(CC=C)C(=O)C(C)N1CCN(C(=O)Oc2ccccc2)CC1. The molecular formula is C20H27N3O3. The first-order chi connectivity index (χ1) is 12.6. The second kappa shape index (κ2) is 9.77. The van der Waals surface area contributed by atoms with Crippen molar-refractivity contribution in [1.82, 2.24) is 14.7 Å². The fourth-order valence-corrected chi connectivity index (χ4v) is 2.93. The van der Waals surface area contributed by atoms with Gasteiger partial charge in [-0.25, -0.2) is 4.79 Å². The van der Waals surface area contributed by atoms with E-state index in [1.54, 1.807) is 34.1 Å². The summed E-state index contributed by atoms with van der Waals surface area (Å²) in [5.74, 6) is 0.582. The second-order valence-corrected chi connectivity index (χ2v) is 6.20. The van der Waals surface area contributed by atoms with Crippen LogP contribution in [0.4, 0.5) is 4.79 Å². The van der Waals surface area contributed by atoms with Gasteiger partial charge in [0.2, 0.25) is 5.91 Å². The van der Waals surface area contributed by atoms with Crippen molar-refractivity contribution >= 4 is 12.0 Å². The third-order valence-corrected chi connectivity index (χ3v) is 4.44. The number of rotatable bonds is 7. The van der Waals surface area contributed by atoms with Gasteiger partial charge in [-0.2, -0.15) is 0 Å². The molecule has 0 bridgehead atoms. The molecule has 1 aromatic carbocycles. The highest BCUT2D eigenvalue weighted by atomic mass is 16.6. The lowest BCUT2D eigenvalue weighted by molar-refractivity contribution is -0.135. The minimum atomic E-state index is -0.352. The zero-order valence-electron chi connectivity index (χ0n) is 15.3. The summed E-state index contributed by atoms with van der Waals surface area (Å²) in [5.41, 5.74) is 0. The van der Waals surface area contributed by atoms with Gasteiger partial charge in [0.25, 0.3) is 0 Å². The van der Waals surface area contributed by atoms with Gasteiger partial charge in [0.1, 0.15) is 5.75 Å². The average molecular weight is 357 g/mol. The van der Waals surface area contributed by atoms with Crippen LogP contribution in [0.2, 0.25) is 0 Å². The Balaban J connectivity index is 1.86. The lowest BCUT2D eigenvalue weighted by atomic mass is 10.2. The third kappa shape index (κ3) is 5.20. The number of carbonyl (C=O) groups is 2. The van der Waals surface area contributed by atoms with E-state index in [0.717, 1.165) is 0 Å². The monoisotopic (exact) mass is 357 g/mol. The topological polar surface area (TPSA) is 53.1 Å². The van der Waals surface area contributed by atoms with E-state index in [9.17, 15) is 9.59 Å². The van der Waals surface area contributed by atoms with Crippen molar-refractivity contribution < 1.29 is 14.3 Å². The maximum atomic E-state index is 12.7. The molecule has 1 fully saturated rings. The molecule has 1 unspecified atom stereocenters. The first-order valence-corrected chi connectivity index (χ1v) is 8.83. The molecule has 1 atom stereocenters. The largest absolute Gasteiger partial charge is 0.415 e. The van der Waals surface area contributed by atoms with E-state index in [0.29, 0.717) is 45.0 Å². The van der Waals surface area contributed by atoms with Gasteiger partial charge in [0, 0.05) is 39.3 Å². The van der Waals surface area contributed by atoms with Gasteiger partial charge < -0.3 is 14.5 Å². The summed E-state index contributed by atoms with van der Waals surface area (Å²) >= 11 is 0. The van der Waals surface area contributed by atoms with E-state index in [2.05, 4.69) is 18.1 Å². The van der Waals surface area contributed by atoms with Crippen molar-refractivity contribution in [2.75, 3.05) is 39.3 Å². The van der Waals surface area contributed by atoms with Crippen LogP contribution in [-0.2, 0) is 4.79 Å². The van der Waals surface area contributed by atoms with E-state index >= 15 is 0 Å². The molecule has 0 N–H and O–H groups in total. The summed E-state index contributed by atoms with van der Waals surface area (Å²) in [7, 11) is 0. The fourth-order valence-electron chi connectivity index (χ4n) is 2.93. The molecular weight excluding hydrogens is 330 g/mol. The van der Waals surface area contributed by atoms with E-state index in [-0.39, 0.29) is 18.0 Å². The Bertz CT molecular complexity index is 614. The first kappa shape index (κ1) is 19.7. The predicted octanol–water partition coefficient (Wildman–Crippen LogP) is 2.39. The number of benzene rings is 1. The van der Waals surface area contributed by atoms with Crippen LogP contribution in [0.15, 0.2) is 55.6 Å². The number of nitrogens with zero attached hydrogens (tertiary/aromatic N) is 3. The molecule has 0 saturated carbocycles. The molecule has 0 aliphatic carbocycles. The summed E-state index contributed by atoms with van der Waals surface area (Å²) in [6.07, 6.45) is 3.08. The van der Waals surface area contributed by atoms with Crippen molar-refractivity contribution in [2.24, 2.45) is 0 Å². The van der Waals surface area contributed by atoms with E-state index < -0.39 is 0 Å². The molecule has 2 rings (SSSR count). The Morgan fingerprint density at radius 3 is 2.23 bits per heavy atom. The van der Waals surface area contributed by atoms with Gasteiger partial charge in [-0.1, -0.05) is 30.4 Å². The number of carbonyl (C=O) groups excluding carboxylic acids is 2. The van der Waals surface area contributed by atoms with Crippen LogP contribution < -0.4 is 4.74 Å². The van der Waals surface area contributed by atoms with E-state index in [1.165, 1.54) is 0 Å². The molecule has 6 heteroatoms. The Hall–Kier alpha value is -2.60. The molecule has 1 aromatic rings. The average Bonchev–Trinajstić information content (AvgIpc) is 2.67. The van der Waals surface area contributed by atoms with Crippen molar-refractivity contribution in [3.8, 4) is 5.75 Å². The van der Waals surface area contributed by atoms with E-state index in [4.69, 9.17) is 4.74 Å². The molecule has 1 heterocycles. The minimum Gasteiger partial charge on any atom is -0.410 e. The van der Waals surface area contributed by atoms with Crippen molar-refractivity contribution in [2.45, 2.75) is 13.0 Å². The fraction of sp³-hybridized carbons (Fsp3) is 0.400. The maximum absolute atomic E-state index is 12.7. The number of piperazine rings is 1. The molecule has 0 aromatic heterocycles. The van der Waals surface area contributed by atoms with Crippen LogP contribution in [0.1, 0.15) is 6.92 Å². The normalized spacial score (nSPS) is 15.8. The summed E-state index contributed by atoms with van der Waals surface area (Å²) in [6.45, 7) is 12.6. The van der Waals surface area contributed by atoms with Crippen LogP contribution in [-0.4, -0.2) is 72.0 Å². The molecule has 1 aliphatic rings. The van der Waals surface area contributed by atoms with Crippen LogP contribution in [0.3, 0.4) is 0 Å². The van der Waals surface area contributed by atoms with Crippen LogP contribution in [0, 0.1) is 0 Å². The Morgan fingerprint density at radius 1 is 1.12 bits per heavy atom. The van der Waals surface area contributed by atoms with Gasteiger partial charge in [-0.15, -0.1) is 13.2 Å². The maximum Gasteiger partial charge on any atom is 0.415 e. The zero-order chi connectivity index (χ0) is 18.9. The number of hydrogen-bond acceptors (Lipinski definition) is 4. The second-order valence-electron chi connectivity index (χ2n) is 6.20. The van der Waals surface area contributed by atoms with Gasteiger partial charge >= 0.3 is 6.09 Å². The predicted molar refractivity (Wildman–Crippen MR) is 102 cm³/mol. The number of amides is 2. The molecule has 0 spiro atoms. The summed E-state index contributed by atoms with van der Waals surface area (Å²) in [6, 6.07) is 8.78. The number of hydrogen-bond donors (Lipinski definition) is 0. The van der Waals surface area contributed by atoms with Crippen molar-refractivity contribution in [3.63, 3.8) is 0 Å². The van der Waals surface area contributed by atoms with Crippen molar-refractivity contribution in [3.05, 3.63) is 55.6 Å². The molecule has 140 valence electrons. The smallest absolute Gasteiger partial charge is 0.410 e. The minimum absolute atomic E-state index is 0.0464. The Labute approximate surface area is 155 Å². The lowest BCUT2D eigenvalue weighted by Gasteiger charge is -2.38. The Morgan fingerprint density at radius 2 is 1.69 bits per heavy atom. The van der Waals surface area contributed by atoms with Gasteiger partial charge in [0.05, 0.1) is 6.04 Å². The van der Waals surface area contributed by atoms with Gasteiger partial charge in [0.15, 0.2) is 0 Å². The Kier molecular flexibility index (Phi) is 7.41. The van der Waals surface area contributed by atoms with Crippen LogP contribution in [0.25, 0.3) is 0 Å². The van der Waals surface area contributed by atoms with Gasteiger partial charge in [-0.3, -0.25) is 9.69 Å². The van der Waals surface area contributed by atoms with E-state index in [1.807, 2.05) is 25.1 Å². The van der Waals surface area contributed by atoms with Crippen LogP contribution in [0.5, 0.6) is 5.75 Å². The summed E-state index contributed by atoms with van der Waals surface area (Å²) in [5, 5.41) is 0. The molecule has 2 amide bonds. The molecule has 26 heavy (non-hydrogen) atoms. The molecule has 0 radical (unpaired) electrons. The highest BCUT2D eigenvalue weighted by Crippen LogP contribution is 2.13. The summed E-state index contributed by atoms with van der Waals surface area (Å²) < 4.78 is 5.37. The number of para-hydroxylation sites is 1. The highest BCUT2D eigenvalue weighted by Gasteiger charge is 2.30. The lowest BCUT2D eigenvalue weighted by Crippen LogP contribution is -2.56. The quantitative estimate of drug-likeness (QED) is 0.703. The van der Waals surface area contributed by atoms with Crippen molar-refractivity contribution in [1.29, 1.82) is 0 Å². The standard InChI is InChI=1S/C20H27N3O3/c1-4-11-22(12-5-2)19(24)17(3)21-13-15-23(16-14-21)20(25)26-18-9-7-6-8-10-18/h4-10,17H,1-2,11-16H2,3H3. The summed E-state index contributed by atoms with van der Waals surface area (Å²) in [4.78, 5) is 30.4. The highest BCUT2D eigenvalue weighted by molar-refractivity contribution is 5.82. The first-order valence-electron chi connectivity index (χ1n) is 8.83. The zero-order valence-corrected chi connectivity index (χ0v) is 15.3. The van der Waals surface area contributed by atoms with Gasteiger partial charge in [-0.05, 0) is 19.1 Å². The third-order valence-electron chi connectivity index (χ3n) is 4.44. The molecule has 1 aliphatic heterocycles. The van der Waals surface area contributed by atoms with Crippen LogP contribution >= 0.6 is 0 Å². The molecule has 6 nitrogen and oxygen atoms in total.